The second kappa shape index (κ2) is 3.74. The number of aryl methyl sites for hydroxylation is 1. The van der Waals surface area contributed by atoms with Gasteiger partial charge >= 0.3 is 0 Å². The summed E-state index contributed by atoms with van der Waals surface area (Å²) >= 11 is 3.12. The van der Waals surface area contributed by atoms with Crippen LogP contribution in [0.3, 0.4) is 0 Å². The number of Topliss-reactive ketones (excluding diaryl/α,β-unsaturated/α-hetero) is 1. The van der Waals surface area contributed by atoms with Crippen molar-refractivity contribution in [2.75, 3.05) is 0 Å². The van der Waals surface area contributed by atoms with Crippen LogP contribution in [0.4, 0.5) is 0 Å². The first-order valence-corrected chi connectivity index (χ1v) is 5.52. The standard InChI is InChI=1S/C12H9BrO2/c1-2-7-4-3-5-8-10(14)6-9(13)12(15)11(7)8/h3-6H,2H2,1H3. The third kappa shape index (κ3) is 1.57. The zero-order valence-corrected chi connectivity index (χ0v) is 9.80. The van der Waals surface area contributed by atoms with Crippen molar-refractivity contribution in [1.82, 2.24) is 0 Å². The van der Waals surface area contributed by atoms with Crippen LogP contribution in [0.25, 0.3) is 0 Å². The lowest BCUT2D eigenvalue weighted by molar-refractivity contribution is 0.0991. The van der Waals surface area contributed by atoms with E-state index in [1.165, 1.54) is 6.08 Å². The summed E-state index contributed by atoms with van der Waals surface area (Å²) in [4.78, 5) is 23.5. The molecule has 1 aliphatic carbocycles. The molecule has 0 saturated heterocycles. The molecule has 0 aliphatic heterocycles. The molecule has 0 amide bonds. The largest absolute Gasteiger partial charge is 0.289 e. The molecule has 2 rings (SSSR count). The molecule has 3 heteroatoms. The van der Waals surface area contributed by atoms with Crippen LogP contribution in [0.15, 0.2) is 28.8 Å². The van der Waals surface area contributed by atoms with E-state index in [4.69, 9.17) is 0 Å². The molecule has 76 valence electrons. The van der Waals surface area contributed by atoms with E-state index in [1.54, 1.807) is 6.07 Å². The van der Waals surface area contributed by atoms with Crippen LogP contribution >= 0.6 is 15.9 Å². The molecule has 1 aliphatic rings. The lowest BCUT2D eigenvalue weighted by Crippen LogP contribution is -2.16. The number of hydrogen-bond acceptors (Lipinski definition) is 2. The van der Waals surface area contributed by atoms with Gasteiger partial charge in [-0.15, -0.1) is 0 Å². The summed E-state index contributed by atoms with van der Waals surface area (Å²) in [7, 11) is 0. The predicted molar refractivity (Wildman–Crippen MR) is 61.5 cm³/mol. The molecule has 0 radical (unpaired) electrons. The van der Waals surface area contributed by atoms with Gasteiger partial charge in [0.25, 0.3) is 0 Å². The Bertz CT molecular complexity index is 486. The number of halogens is 1. The fourth-order valence-corrected chi connectivity index (χ4v) is 2.15. The maximum atomic E-state index is 11.9. The van der Waals surface area contributed by atoms with E-state index in [2.05, 4.69) is 15.9 Å². The van der Waals surface area contributed by atoms with Crippen LogP contribution in [0.1, 0.15) is 33.2 Å². The van der Waals surface area contributed by atoms with E-state index in [0.717, 1.165) is 12.0 Å². The third-order valence-electron chi connectivity index (χ3n) is 2.50. The van der Waals surface area contributed by atoms with Crippen LogP contribution in [0, 0.1) is 0 Å². The van der Waals surface area contributed by atoms with Crippen molar-refractivity contribution >= 4 is 27.5 Å². The van der Waals surface area contributed by atoms with E-state index in [9.17, 15) is 9.59 Å². The fraction of sp³-hybridized carbons (Fsp3) is 0.167. The highest BCUT2D eigenvalue weighted by molar-refractivity contribution is 9.12. The van der Waals surface area contributed by atoms with Gasteiger partial charge in [-0.2, -0.15) is 0 Å². The monoisotopic (exact) mass is 264 g/mol. The summed E-state index contributed by atoms with van der Waals surface area (Å²) in [5, 5.41) is 0. The molecule has 0 atom stereocenters. The maximum absolute atomic E-state index is 11.9. The number of carbonyl (C=O) groups excluding carboxylic acids is 2. The molecule has 0 N–H and O–H groups in total. The Morgan fingerprint density at radius 2 is 2.00 bits per heavy atom. The highest BCUT2D eigenvalue weighted by Gasteiger charge is 2.25. The molecule has 15 heavy (non-hydrogen) atoms. The van der Waals surface area contributed by atoms with Gasteiger partial charge in [-0.3, -0.25) is 9.59 Å². The first-order chi connectivity index (χ1) is 7.15. The second-order valence-electron chi connectivity index (χ2n) is 3.38. The van der Waals surface area contributed by atoms with Gasteiger partial charge in [0.15, 0.2) is 5.78 Å². The highest BCUT2D eigenvalue weighted by Crippen LogP contribution is 2.27. The molecule has 0 fully saturated rings. The SMILES string of the molecule is CCc1cccc2c1C(=O)C(Br)=CC2=O. The van der Waals surface area contributed by atoms with Crippen LogP contribution < -0.4 is 0 Å². The number of carbonyl (C=O) groups is 2. The first-order valence-electron chi connectivity index (χ1n) is 4.73. The van der Waals surface area contributed by atoms with E-state index >= 15 is 0 Å². The van der Waals surface area contributed by atoms with Crippen molar-refractivity contribution in [3.8, 4) is 0 Å². The summed E-state index contributed by atoms with van der Waals surface area (Å²) in [6.45, 7) is 1.97. The second-order valence-corrected chi connectivity index (χ2v) is 4.23. The third-order valence-corrected chi connectivity index (χ3v) is 3.09. The van der Waals surface area contributed by atoms with E-state index < -0.39 is 0 Å². The lowest BCUT2D eigenvalue weighted by atomic mass is 9.90. The van der Waals surface area contributed by atoms with Crippen molar-refractivity contribution in [3.05, 3.63) is 45.4 Å². The summed E-state index contributed by atoms with van der Waals surface area (Å²) in [5.41, 5.74) is 2.00. The fourth-order valence-electron chi connectivity index (χ4n) is 1.75. The first kappa shape index (κ1) is 10.3. The van der Waals surface area contributed by atoms with Gasteiger partial charge in [0, 0.05) is 17.2 Å². The average molecular weight is 265 g/mol. The zero-order chi connectivity index (χ0) is 11.0. The quantitative estimate of drug-likeness (QED) is 0.782. The molecule has 2 nitrogen and oxygen atoms in total. The molecule has 0 heterocycles. The van der Waals surface area contributed by atoms with Gasteiger partial charge in [0.2, 0.25) is 5.78 Å². The van der Waals surface area contributed by atoms with E-state index in [0.29, 0.717) is 15.6 Å². The molecular formula is C12H9BrO2. The summed E-state index contributed by atoms with van der Waals surface area (Å²) in [5.74, 6) is -0.200. The van der Waals surface area contributed by atoms with Gasteiger partial charge < -0.3 is 0 Å². The van der Waals surface area contributed by atoms with Crippen LogP contribution in [0.2, 0.25) is 0 Å². The highest BCUT2D eigenvalue weighted by atomic mass is 79.9. The Morgan fingerprint density at radius 1 is 1.27 bits per heavy atom. The smallest absolute Gasteiger partial charge is 0.201 e. The molecule has 1 aromatic rings. The minimum Gasteiger partial charge on any atom is -0.289 e. The Hall–Kier alpha value is -1.22. The normalized spacial score (nSPS) is 14.9. The van der Waals surface area contributed by atoms with E-state index in [1.807, 2.05) is 19.1 Å². The molecule has 0 unspecified atom stereocenters. The minimum absolute atomic E-state index is 0.0953. The Kier molecular flexibility index (Phi) is 2.57. The zero-order valence-electron chi connectivity index (χ0n) is 8.21. The van der Waals surface area contributed by atoms with Crippen LogP contribution in [-0.2, 0) is 6.42 Å². The number of benzene rings is 1. The Morgan fingerprint density at radius 3 is 2.67 bits per heavy atom. The molecule has 0 spiro atoms. The van der Waals surface area contributed by atoms with Gasteiger partial charge in [-0.05, 0) is 27.9 Å². The van der Waals surface area contributed by atoms with Crippen LogP contribution in [0.5, 0.6) is 0 Å². The summed E-state index contributed by atoms with van der Waals surface area (Å²) < 4.78 is 0.348. The topological polar surface area (TPSA) is 34.1 Å². The average Bonchev–Trinajstić information content (AvgIpc) is 2.25. The van der Waals surface area contributed by atoms with Gasteiger partial charge in [-0.25, -0.2) is 0 Å². The molecular weight excluding hydrogens is 256 g/mol. The van der Waals surface area contributed by atoms with Crippen molar-refractivity contribution in [2.45, 2.75) is 13.3 Å². The molecule has 1 aromatic carbocycles. The van der Waals surface area contributed by atoms with Crippen molar-refractivity contribution in [3.63, 3.8) is 0 Å². The molecule has 0 aromatic heterocycles. The predicted octanol–water partition coefficient (Wildman–Crippen LogP) is 2.91. The maximum Gasteiger partial charge on any atom is 0.201 e. The minimum atomic E-state index is -0.105. The van der Waals surface area contributed by atoms with Crippen LogP contribution in [-0.4, -0.2) is 11.6 Å². The Labute approximate surface area is 96.1 Å². The van der Waals surface area contributed by atoms with Crippen molar-refractivity contribution < 1.29 is 9.59 Å². The Balaban J connectivity index is 2.72. The number of hydrogen-bond donors (Lipinski definition) is 0. The van der Waals surface area contributed by atoms with Gasteiger partial charge in [0.1, 0.15) is 0 Å². The van der Waals surface area contributed by atoms with E-state index in [-0.39, 0.29) is 11.6 Å². The number of ketones is 2. The number of fused-ring (bicyclic) bond motifs is 1. The lowest BCUT2D eigenvalue weighted by Gasteiger charge is -2.14. The molecule has 0 saturated carbocycles. The number of rotatable bonds is 1. The van der Waals surface area contributed by atoms with Crippen molar-refractivity contribution in [1.29, 1.82) is 0 Å². The van der Waals surface area contributed by atoms with Gasteiger partial charge in [-0.1, -0.05) is 25.1 Å². The van der Waals surface area contributed by atoms with Gasteiger partial charge in [0.05, 0.1) is 4.48 Å². The summed E-state index contributed by atoms with van der Waals surface area (Å²) in [6.07, 6.45) is 2.09. The summed E-state index contributed by atoms with van der Waals surface area (Å²) in [6, 6.07) is 5.40. The van der Waals surface area contributed by atoms with Crippen molar-refractivity contribution in [2.24, 2.45) is 0 Å². The molecule has 0 bridgehead atoms. The number of allylic oxidation sites excluding steroid dienone is 2.